The van der Waals surface area contributed by atoms with E-state index in [1.54, 1.807) is 26.0 Å². The summed E-state index contributed by atoms with van der Waals surface area (Å²) in [4.78, 5) is 10.8. The van der Waals surface area contributed by atoms with Gasteiger partial charge in [-0.1, -0.05) is 15.9 Å². The average Bonchev–Trinajstić information content (AvgIpc) is 2.28. The summed E-state index contributed by atoms with van der Waals surface area (Å²) in [6, 6.07) is 5.98. The van der Waals surface area contributed by atoms with Crippen LogP contribution in [0.3, 0.4) is 0 Å². The molecule has 0 fully saturated rings. The SMILES string of the molecule is CC(C)N(CCC(=O)O)S(=O)(=O)c1ccc(Br)cc1. The largest absolute Gasteiger partial charge is 0.481 e. The van der Waals surface area contributed by atoms with Crippen molar-refractivity contribution in [2.24, 2.45) is 0 Å². The highest BCUT2D eigenvalue weighted by Crippen LogP contribution is 2.20. The Hall–Kier alpha value is -0.920. The second-order valence-electron chi connectivity index (χ2n) is 4.31. The van der Waals surface area contributed by atoms with Crippen molar-refractivity contribution in [3.8, 4) is 0 Å². The molecular formula is C12H16BrNO4S. The van der Waals surface area contributed by atoms with E-state index in [1.165, 1.54) is 16.4 Å². The monoisotopic (exact) mass is 349 g/mol. The fourth-order valence-corrected chi connectivity index (χ4v) is 3.51. The molecule has 0 aliphatic heterocycles. The summed E-state index contributed by atoms with van der Waals surface area (Å²) in [5.41, 5.74) is 0. The van der Waals surface area contributed by atoms with E-state index in [0.29, 0.717) is 0 Å². The number of carboxylic acid groups (broad SMARTS) is 1. The van der Waals surface area contributed by atoms with Gasteiger partial charge in [0.2, 0.25) is 10.0 Å². The molecule has 1 aromatic carbocycles. The van der Waals surface area contributed by atoms with Crippen molar-refractivity contribution >= 4 is 31.9 Å². The molecule has 0 radical (unpaired) electrons. The van der Waals surface area contributed by atoms with Crippen molar-refractivity contribution in [1.29, 1.82) is 0 Å². The average molecular weight is 350 g/mol. The van der Waals surface area contributed by atoms with Crippen LogP contribution in [0.5, 0.6) is 0 Å². The van der Waals surface area contributed by atoms with E-state index in [4.69, 9.17) is 5.11 Å². The number of rotatable bonds is 6. The van der Waals surface area contributed by atoms with Gasteiger partial charge in [-0.15, -0.1) is 0 Å². The second-order valence-corrected chi connectivity index (χ2v) is 7.11. The molecule has 1 aromatic rings. The molecule has 106 valence electrons. The number of nitrogens with zero attached hydrogens (tertiary/aromatic N) is 1. The van der Waals surface area contributed by atoms with E-state index in [0.717, 1.165) is 4.47 Å². The molecule has 19 heavy (non-hydrogen) atoms. The lowest BCUT2D eigenvalue weighted by atomic mass is 10.3. The van der Waals surface area contributed by atoms with Crippen LogP contribution in [-0.2, 0) is 14.8 Å². The zero-order valence-electron chi connectivity index (χ0n) is 10.7. The molecule has 0 aliphatic rings. The van der Waals surface area contributed by atoms with Gasteiger partial charge in [0.05, 0.1) is 11.3 Å². The Bertz CT molecular complexity index is 539. The highest BCUT2D eigenvalue weighted by Gasteiger charge is 2.27. The summed E-state index contributed by atoms with van der Waals surface area (Å²) in [5.74, 6) is -1.02. The molecule has 0 heterocycles. The van der Waals surface area contributed by atoms with E-state index in [9.17, 15) is 13.2 Å². The maximum absolute atomic E-state index is 12.4. The van der Waals surface area contributed by atoms with Gasteiger partial charge < -0.3 is 5.11 Å². The lowest BCUT2D eigenvalue weighted by molar-refractivity contribution is -0.137. The third-order valence-electron chi connectivity index (χ3n) is 2.54. The quantitative estimate of drug-likeness (QED) is 0.855. The molecule has 0 saturated carbocycles. The summed E-state index contributed by atoms with van der Waals surface area (Å²) in [6.07, 6.45) is -0.214. The molecule has 0 atom stereocenters. The molecule has 1 rings (SSSR count). The number of halogens is 1. The van der Waals surface area contributed by atoms with E-state index in [2.05, 4.69) is 15.9 Å². The van der Waals surface area contributed by atoms with Crippen LogP contribution in [0.1, 0.15) is 20.3 Å². The van der Waals surface area contributed by atoms with Crippen LogP contribution in [0.4, 0.5) is 0 Å². The van der Waals surface area contributed by atoms with E-state index in [1.807, 2.05) is 0 Å². The van der Waals surface area contributed by atoms with E-state index >= 15 is 0 Å². The maximum Gasteiger partial charge on any atom is 0.304 e. The smallest absolute Gasteiger partial charge is 0.304 e. The Kier molecular flexibility index (Phi) is 5.51. The molecule has 0 saturated heterocycles. The number of aliphatic carboxylic acids is 1. The first kappa shape index (κ1) is 16.1. The van der Waals surface area contributed by atoms with Crippen molar-refractivity contribution in [2.75, 3.05) is 6.54 Å². The number of benzene rings is 1. The Morgan fingerprint density at radius 2 is 1.84 bits per heavy atom. The van der Waals surface area contributed by atoms with Gasteiger partial charge in [0.15, 0.2) is 0 Å². The first-order valence-electron chi connectivity index (χ1n) is 5.74. The van der Waals surface area contributed by atoms with Crippen LogP contribution in [0.15, 0.2) is 33.6 Å². The van der Waals surface area contributed by atoms with Crippen molar-refractivity contribution in [3.63, 3.8) is 0 Å². The second kappa shape index (κ2) is 6.49. The molecule has 0 spiro atoms. The zero-order chi connectivity index (χ0) is 14.6. The van der Waals surface area contributed by atoms with Gasteiger partial charge in [0.25, 0.3) is 0 Å². The van der Waals surface area contributed by atoms with E-state index in [-0.39, 0.29) is 23.9 Å². The van der Waals surface area contributed by atoms with Crippen LogP contribution >= 0.6 is 15.9 Å². The van der Waals surface area contributed by atoms with Crippen LogP contribution < -0.4 is 0 Å². The van der Waals surface area contributed by atoms with Crippen LogP contribution in [0.2, 0.25) is 0 Å². The molecule has 0 bridgehead atoms. The number of carbonyl (C=O) groups is 1. The Balaban J connectivity index is 3.05. The summed E-state index contributed by atoms with van der Waals surface area (Å²) < 4.78 is 26.8. The topological polar surface area (TPSA) is 74.7 Å². The summed E-state index contributed by atoms with van der Waals surface area (Å²) in [5, 5.41) is 8.69. The molecule has 7 heteroatoms. The van der Waals surface area contributed by atoms with Crippen LogP contribution in [0, 0.1) is 0 Å². The number of carboxylic acids is 1. The third kappa shape index (κ3) is 4.29. The molecule has 1 N–H and O–H groups in total. The lowest BCUT2D eigenvalue weighted by Crippen LogP contribution is -2.38. The number of sulfonamides is 1. The van der Waals surface area contributed by atoms with Gasteiger partial charge in [-0.3, -0.25) is 4.79 Å². The van der Waals surface area contributed by atoms with Gasteiger partial charge in [-0.2, -0.15) is 4.31 Å². The maximum atomic E-state index is 12.4. The van der Waals surface area contributed by atoms with Gasteiger partial charge in [0.1, 0.15) is 0 Å². The zero-order valence-corrected chi connectivity index (χ0v) is 13.1. The van der Waals surface area contributed by atoms with Gasteiger partial charge >= 0.3 is 5.97 Å². The molecular weight excluding hydrogens is 334 g/mol. The Labute approximate surface area is 121 Å². The third-order valence-corrected chi connectivity index (χ3v) is 5.16. The summed E-state index contributed by atoms with van der Waals surface area (Å²) >= 11 is 3.24. The number of hydrogen-bond donors (Lipinski definition) is 1. The highest BCUT2D eigenvalue weighted by molar-refractivity contribution is 9.10. The van der Waals surface area contributed by atoms with Crippen molar-refractivity contribution in [3.05, 3.63) is 28.7 Å². The molecule has 5 nitrogen and oxygen atoms in total. The minimum absolute atomic E-state index is 0.0363. The molecule has 0 aliphatic carbocycles. The minimum Gasteiger partial charge on any atom is -0.481 e. The van der Waals surface area contributed by atoms with Crippen molar-refractivity contribution < 1.29 is 18.3 Å². The van der Waals surface area contributed by atoms with Gasteiger partial charge in [0, 0.05) is 17.1 Å². The Morgan fingerprint density at radius 3 is 2.26 bits per heavy atom. The minimum atomic E-state index is -3.66. The number of hydrogen-bond acceptors (Lipinski definition) is 3. The first-order chi connectivity index (χ1) is 8.75. The highest BCUT2D eigenvalue weighted by atomic mass is 79.9. The summed E-state index contributed by atoms with van der Waals surface area (Å²) in [7, 11) is -3.66. The van der Waals surface area contributed by atoms with Gasteiger partial charge in [-0.25, -0.2) is 8.42 Å². The standard InChI is InChI=1S/C12H16BrNO4S/c1-9(2)14(8-7-12(15)16)19(17,18)11-5-3-10(13)4-6-11/h3-6,9H,7-8H2,1-2H3,(H,15,16). The van der Waals surface area contributed by atoms with E-state index < -0.39 is 16.0 Å². The van der Waals surface area contributed by atoms with Crippen molar-refractivity contribution in [2.45, 2.75) is 31.2 Å². The predicted octanol–water partition coefficient (Wildman–Crippen LogP) is 2.32. The Morgan fingerprint density at radius 1 is 1.32 bits per heavy atom. The predicted molar refractivity (Wildman–Crippen MR) is 75.4 cm³/mol. The summed E-state index contributed by atoms with van der Waals surface area (Å²) in [6.45, 7) is 3.40. The van der Waals surface area contributed by atoms with Crippen LogP contribution in [-0.4, -0.2) is 36.4 Å². The normalized spacial score (nSPS) is 12.1. The molecule has 0 unspecified atom stereocenters. The molecule has 0 aromatic heterocycles. The fourth-order valence-electron chi connectivity index (χ4n) is 1.60. The molecule has 0 amide bonds. The van der Waals surface area contributed by atoms with Gasteiger partial charge in [-0.05, 0) is 38.1 Å². The lowest BCUT2D eigenvalue weighted by Gasteiger charge is -2.25. The fraction of sp³-hybridized carbons (Fsp3) is 0.417. The first-order valence-corrected chi connectivity index (χ1v) is 7.97. The van der Waals surface area contributed by atoms with Crippen LogP contribution in [0.25, 0.3) is 0 Å². The van der Waals surface area contributed by atoms with Crippen molar-refractivity contribution in [1.82, 2.24) is 4.31 Å².